The van der Waals surface area contributed by atoms with E-state index < -0.39 is 0 Å². The van der Waals surface area contributed by atoms with Gasteiger partial charge in [-0.1, -0.05) is 13.8 Å². The average molecular weight is 188 g/mol. The zero-order valence-electron chi connectivity index (χ0n) is 8.60. The van der Waals surface area contributed by atoms with Crippen molar-refractivity contribution in [3.8, 4) is 0 Å². The van der Waals surface area contributed by atoms with E-state index in [2.05, 4.69) is 6.92 Å². The number of methoxy groups -OCH3 is 1. The summed E-state index contributed by atoms with van der Waals surface area (Å²) in [5, 5.41) is 18.7. The third-order valence-corrected chi connectivity index (χ3v) is 3.42. The third-order valence-electron chi connectivity index (χ3n) is 3.42. The van der Waals surface area contributed by atoms with Gasteiger partial charge in [0.15, 0.2) is 0 Å². The molecule has 0 aliphatic heterocycles. The van der Waals surface area contributed by atoms with Crippen LogP contribution in [0.1, 0.15) is 20.3 Å². The van der Waals surface area contributed by atoms with E-state index in [0.717, 1.165) is 0 Å². The van der Waals surface area contributed by atoms with Crippen molar-refractivity contribution in [2.75, 3.05) is 13.7 Å². The summed E-state index contributed by atoms with van der Waals surface area (Å²) < 4.78 is 5.34. The standard InChI is InChI=1S/C10H20O3/c1-6-8(4-5-11)9(12)7(2)10(6)13-3/h6-12H,4-5H2,1-3H3. The minimum absolute atomic E-state index is 0.131. The molecule has 5 atom stereocenters. The molecule has 1 fully saturated rings. The molecule has 1 rings (SSSR count). The summed E-state index contributed by atoms with van der Waals surface area (Å²) in [5.41, 5.74) is 0. The van der Waals surface area contributed by atoms with Gasteiger partial charge in [0, 0.05) is 19.6 Å². The van der Waals surface area contributed by atoms with Gasteiger partial charge in [-0.15, -0.1) is 0 Å². The molecule has 2 N–H and O–H groups in total. The highest BCUT2D eigenvalue weighted by Gasteiger charge is 2.45. The molecule has 78 valence electrons. The minimum Gasteiger partial charge on any atom is -0.396 e. The van der Waals surface area contributed by atoms with Gasteiger partial charge in [-0.3, -0.25) is 0 Å². The fraction of sp³-hybridized carbons (Fsp3) is 1.00. The summed E-state index contributed by atoms with van der Waals surface area (Å²) in [6.07, 6.45) is 0.477. The Labute approximate surface area is 79.7 Å². The smallest absolute Gasteiger partial charge is 0.0650 e. The Kier molecular flexibility index (Phi) is 3.71. The highest BCUT2D eigenvalue weighted by Crippen LogP contribution is 2.39. The molecule has 0 radical (unpaired) electrons. The Bertz CT molecular complexity index is 160. The van der Waals surface area contributed by atoms with E-state index in [9.17, 15) is 5.11 Å². The second-order valence-corrected chi connectivity index (χ2v) is 4.09. The molecule has 0 heterocycles. The summed E-state index contributed by atoms with van der Waals surface area (Å²) in [7, 11) is 1.69. The van der Waals surface area contributed by atoms with Crippen molar-refractivity contribution in [3.05, 3.63) is 0 Å². The molecule has 0 saturated heterocycles. The molecule has 0 aromatic heterocycles. The lowest BCUT2D eigenvalue weighted by atomic mass is 9.93. The molecule has 0 spiro atoms. The van der Waals surface area contributed by atoms with E-state index in [4.69, 9.17) is 9.84 Å². The van der Waals surface area contributed by atoms with Gasteiger partial charge in [0.1, 0.15) is 0 Å². The lowest BCUT2D eigenvalue weighted by Crippen LogP contribution is -2.23. The van der Waals surface area contributed by atoms with E-state index in [1.165, 1.54) is 0 Å². The van der Waals surface area contributed by atoms with Gasteiger partial charge in [-0.05, 0) is 18.3 Å². The van der Waals surface area contributed by atoms with Crippen LogP contribution in [0.5, 0.6) is 0 Å². The molecule has 3 nitrogen and oxygen atoms in total. The van der Waals surface area contributed by atoms with E-state index in [0.29, 0.717) is 12.3 Å². The maximum atomic E-state index is 9.87. The quantitative estimate of drug-likeness (QED) is 0.683. The number of ether oxygens (including phenoxy) is 1. The first-order chi connectivity index (χ1) is 6.13. The molecule has 5 unspecified atom stereocenters. The third kappa shape index (κ3) is 1.87. The molecule has 0 aromatic rings. The summed E-state index contributed by atoms with van der Waals surface area (Å²) in [5.74, 6) is 0.698. The van der Waals surface area contributed by atoms with Crippen LogP contribution in [0.4, 0.5) is 0 Å². The number of aliphatic hydroxyl groups is 2. The van der Waals surface area contributed by atoms with Crippen LogP contribution in [0.15, 0.2) is 0 Å². The monoisotopic (exact) mass is 188 g/mol. The van der Waals surface area contributed by atoms with Gasteiger partial charge in [-0.2, -0.15) is 0 Å². The van der Waals surface area contributed by atoms with Crippen molar-refractivity contribution in [3.63, 3.8) is 0 Å². The zero-order valence-corrected chi connectivity index (χ0v) is 8.60. The second-order valence-electron chi connectivity index (χ2n) is 4.09. The summed E-state index contributed by atoms with van der Waals surface area (Å²) in [6, 6.07) is 0. The van der Waals surface area contributed by atoms with Crippen molar-refractivity contribution in [2.45, 2.75) is 32.5 Å². The predicted molar refractivity (Wildman–Crippen MR) is 50.3 cm³/mol. The number of hydrogen-bond acceptors (Lipinski definition) is 3. The molecule has 0 amide bonds. The van der Waals surface area contributed by atoms with Gasteiger partial charge in [0.2, 0.25) is 0 Å². The van der Waals surface area contributed by atoms with E-state index in [1.807, 2.05) is 6.92 Å². The Balaban J connectivity index is 2.66. The minimum atomic E-state index is -0.327. The van der Waals surface area contributed by atoms with Gasteiger partial charge < -0.3 is 14.9 Å². The summed E-state index contributed by atoms with van der Waals surface area (Å²) in [6.45, 7) is 4.24. The Morgan fingerprint density at radius 2 is 1.85 bits per heavy atom. The topological polar surface area (TPSA) is 49.7 Å². The predicted octanol–water partition coefficient (Wildman–Crippen LogP) is 0.647. The number of aliphatic hydroxyl groups excluding tert-OH is 2. The van der Waals surface area contributed by atoms with Crippen LogP contribution in [0.25, 0.3) is 0 Å². The fourth-order valence-electron chi connectivity index (χ4n) is 2.63. The van der Waals surface area contributed by atoms with Gasteiger partial charge in [0.25, 0.3) is 0 Å². The van der Waals surface area contributed by atoms with Crippen molar-refractivity contribution in [1.82, 2.24) is 0 Å². The fourth-order valence-corrected chi connectivity index (χ4v) is 2.63. The van der Waals surface area contributed by atoms with Gasteiger partial charge in [0.05, 0.1) is 12.2 Å². The van der Waals surface area contributed by atoms with Crippen LogP contribution in [0.3, 0.4) is 0 Å². The van der Waals surface area contributed by atoms with Gasteiger partial charge in [-0.25, -0.2) is 0 Å². The van der Waals surface area contributed by atoms with Crippen LogP contribution in [0, 0.1) is 17.8 Å². The lowest BCUT2D eigenvalue weighted by Gasteiger charge is -2.19. The largest absolute Gasteiger partial charge is 0.396 e. The van der Waals surface area contributed by atoms with Crippen LogP contribution in [0.2, 0.25) is 0 Å². The SMILES string of the molecule is COC1C(C)C(O)C(CCO)C1C. The molecule has 0 bridgehead atoms. The zero-order chi connectivity index (χ0) is 10.0. The van der Waals surface area contributed by atoms with Crippen molar-refractivity contribution in [1.29, 1.82) is 0 Å². The maximum absolute atomic E-state index is 9.87. The lowest BCUT2D eigenvalue weighted by molar-refractivity contribution is 0.0266. The molecule has 13 heavy (non-hydrogen) atoms. The Hall–Kier alpha value is -0.120. The number of hydrogen-bond donors (Lipinski definition) is 2. The van der Waals surface area contributed by atoms with Crippen molar-refractivity contribution in [2.24, 2.45) is 17.8 Å². The normalized spacial score (nSPS) is 45.5. The molecular formula is C10H20O3. The van der Waals surface area contributed by atoms with Crippen LogP contribution in [-0.2, 0) is 4.74 Å². The van der Waals surface area contributed by atoms with Gasteiger partial charge >= 0.3 is 0 Å². The first-order valence-corrected chi connectivity index (χ1v) is 4.95. The van der Waals surface area contributed by atoms with Crippen molar-refractivity contribution < 1.29 is 14.9 Å². The average Bonchev–Trinajstić information content (AvgIpc) is 2.31. The van der Waals surface area contributed by atoms with E-state index >= 15 is 0 Å². The molecule has 3 heteroatoms. The summed E-state index contributed by atoms with van der Waals surface area (Å²) >= 11 is 0. The summed E-state index contributed by atoms with van der Waals surface area (Å²) in [4.78, 5) is 0. The Morgan fingerprint density at radius 1 is 1.23 bits per heavy atom. The molecule has 1 aliphatic carbocycles. The van der Waals surface area contributed by atoms with Crippen LogP contribution < -0.4 is 0 Å². The van der Waals surface area contributed by atoms with Crippen LogP contribution in [-0.4, -0.2) is 36.1 Å². The Morgan fingerprint density at radius 3 is 2.23 bits per heavy atom. The molecule has 1 saturated carbocycles. The van der Waals surface area contributed by atoms with E-state index in [-0.39, 0.29) is 30.7 Å². The highest BCUT2D eigenvalue weighted by atomic mass is 16.5. The highest BCUT2D eigenvalue weighted by molar-refractivity contribution is 4.94. The molecule has 1 aliphatic rings. The molecule has 0 aromatic carbocycles. The first kappa shape index (κ1) is 11.0. The second kappa shape index (κ2) is 4.40. The first-order valence-electron chi connectivity index (χ1n) is 4.95. The maximum Gasteiger partial charge on any atom is 0.0650 e. The van der Waals surface area contributed by atoms with Crippen molar-refractivity contribution >= 4 is 0 Å². The van der Waals surface area contributed by atoms with E-state index in [1.54, 1.807) is 7.11 Å². The number of rotatable bonds is 3. The van der Waals surface area contributed by atoms with Crippen LogP contribution >= 0.6 is 0 Å². The molecular weight excluding hydrogens is 168 g/mol.